The van der Waals surface area contributed by atoms with Gasteiger partial charge in [-0.25, -0.2) is 9.50 Å². The van der Waals surface area contributed by atoms with Crippen molar-refractivity contribution in [3.8, 4) is 0 Å². The molecule has 1 aliphatic rings. The van der Waals surface area contributed by atoms with Gasteiger partial charge in [0.25, 0.3) is 5.56 Å². The normalized spacial score (nSPS) is 19.4. The van der Waals surface area contributed by atoms with Crippen molar-refractivity contribution in [2.24, 2.45) is 11.3 Å². The van der Waals surface area contributed by atoms with Crippen molar-refractivity contribution in [1.29, 1.82) is 0 Å². The third kappa shape index (κ3) is 2.22. The van der Waals surface area contributed by atoms with Gasteiger partial charge >= 0.3 is 0 Å². The van der Waals surface area contributed by atoms with Crippen molar-refractivity contribution >= 4 is 11.2 Å². The Hall–Kier alpha value is -2.10. The fourth-order valence-electron chi connectivity index (χ4n) is 2.53. The van der Waals surface area contributed by atoms with Crippen LogP contribution in [0.15, 0.2) is 41.4 Å². The minimum absolute atomic E-state index is 0.0813. The molecule has 0 aliphatic heterocycles. The first-order chi connectivity index (χ1) is 9.45. The summed E-state index contributed by atoms with van der Waals surface area (Å²) in [4.78, 5) is 16.5. The van der Waals surface area contributed by atoms with Crippen LogP contribution in [0.1, 0.15) is 32.9 Å². The molecule has 3 rings (SSSR count). The number of aromatic amines is 1. The van der Waals surface area contributed by atoms with Crippen LogP contribution in [0.2, 0.25) is 0 Å². The Morgan fingerprint density at radius 2 is 2.20 bits per heavy atom. The average Bonchev–Trinajstić information content (AvgIpc) is 2.86. The summed E-state index contributed by atoms with van der Waals surface area (Å²) in [6.45, 7) is 6.74. The highest BCUT2D eigenvalue weighted by Crippen LogP contribution is 2.34. The SMILES string of the molecule is CC(C)(C)C1C=CC(c2cc(=O)n3[nH]ccc3n2)=CC1. The highest BCUT2D eigenvalue weighted by atomic mass is 16.1. The third-order valence-corrected chi connectivity index (χ3v) is 3.89. The summed E-state index contributed by atoms with van der Waals surface area (Å²) in [6.07, 6.45) is 9.21. The van der Waals surface area contributed by atoms with Gasteiger partial charge in [-0.2, -0.15) is 0 Å². The van der Waals surface area contributed by atoms with Gasteiger partial charge in [-0.05, 0) is 23.3 Å². The first-order valence-electron chi connectivity index (χ1n) is 6.91. The van der Waals surface area contributed by atoms with Gasteiger partial charge in [-0.15, -0.1) is 0 Å². The molecule has 0 radical (unpaired) electrons. The molecule has 1 aliphatic carbocycles. The van der Waals surface area contributed by atoms with Gasteiger partial charge in [-0.3, -0.25) is 9.89 Å². The second-order valence-electron chi connectivity index (χ2n) is 6.36. The second kappa shape index (κ2) is 4.47. The molecule has 0 saturated heterocycles. The Kier molecular flexibility index (Phi) is 2.89. The van der Waals surface area contributed by atoms with E-state index in [1.54, 1.807) is 18.3 Å². The van der Waals surface area contributed by atoms with Gasteiger partial charge in [0, 0.05) is 18.3 Å². The standard InChI is InChI=1S/C16H19N3O/c1-16(2,3)12-6-4-11(5-7-12)13-10-15(20)19-14(18-13)8-9-17-19/h4-6,8-10,12,17H,7H2,1-3H3. The lowest BCUT2D eigenvalue weighted by molar-refractivity contribution is 0.294. The van der Waals surface area contributed by atoms with Crippen molar-refractivity contribution in [1.82, 2.24) is 14.6 Å². The van der Waals surface area contributed by atoms with E-state index in [9.17, 15) is 4.79 Å². The van der Waals surface area contributed by atoms with Crippen LogP contribution in [-0.4, -0.2) is 14.6 Å². The van der Waals surface area contributed by atoms with E-state index < -0.39 is 0 Å². The number of fused-ring (bicyclic) bond motifs is 1. The Balaban J connectivity index is 1.96. The van der Waals surface area contributed by atoms with E-state index in [4.69, 9.17) is 0 Å². The largest absolute Gasteiger partial charge is 0.297 e. The van der Waals surface area contributed by atoms with E-state index in [2.05, 4.69) is 49.1 Å². The predicted molar refractivity (Wildman–Crippen MR) is 80.5 cm³/mol. The molecule has 4 heteroatoms. The molecule has 0 spiro atoms. The van der Waals surface area contributed by atoms with E-state index in [0.29, 0.717) is 11.6 Å². The van der Waals surface area contributed by atoms with Crippen molar-refractivity contribution in [2.75, 3.05) is 0 Å². The highest BCUT2D eigenvalue weighted by molar-refractivity contribution is 5.73. The van der Waals surface area contributed by atoms with Gasteiger partial charge in [0.1, 0.15) is 0 Å². The smallest absolute Gasteiger partial charge is 0.273 e. The Morgan fingerprint density at radius 1 is 1.40 bits per heavy atom. The van der Waals surface area contributed by atoms with Gasteiger partial charge in [0.2, 0.25) is 0 Å². The summed E-state index contributed by atoms with van der Waals surface area (Å²) in [6, 6.07) is 3.38. The van der Waals surface area contributed by atoms with Crippen LogP contribution < -0.4 is 5.56 Å². The number of allylic oxidation sites excluding steroid dienone is 4. The molecular formula is C16H19N3O. The quantitative estimate of drug-likeness (QED) is 0.865. The number of hydrogen-bond acceptors (Lipinski definition) is 2. The lowest BCUT2D eigenvalue weighted by Crippen LogP contribution is -2.19. The highest BCUT2D eigenvalue weighted by Gasteiger charge is 2.23. The van der Waals surface area contributed by atoms with Gasteiger partial charge in [-0.1, -0.05) is 39.0 Å². The van der Waals surface area contributed by atoms with E-state index in [-0.39, 0.29) is 11.0 Å². The van der Waals surface area contributed by atoms with Crippen LogP contribution in [-0.2, 0) is 0 Å². The summed E-state index contributed by atoms with van der Waals surface area (Å²) in [5.74, 6) is 0.531. The Labute approximate surface area is 117 Å². The molecule has 20 heavy (non-hydrogen) atoms. The van der Waals surface area contributed by atoms with Crippen molar-refractivity contribution < 1.29 is 0 Å². The fraction of sp³-hybridized carbons (Fsp3) is 0.375. The van der Waals surface area contributed by atoms with Crippen LogP contribution in [0.25, 0.3) is 11.2 Å². The lowest BCUT2D eigenvalue weighted by atomic mass is 9.76. The van der Waals surface area contributed by atoms with Crippen molar-refractivity contribution in [3.05, 3.63) is 52.6 Å². The Bertz CT molecular complexity index is 756. The van der Waals surface area contributed by atoms with E-state index >= 15 is 0 Å². The van der Waals surface area contributed by atoms with Crippen LogP contribution >= 0.6 is 0 Å². The summed E-state index contributed by atoms with van der Waals surface area (Å²) in [5, 5.41) is 2.85. The molecule has 1 atom stereocenters. The fourth-order valence-corrected chi connectivity index (χ4v) is 2.53. The lowest BCUT2D eigenvalue weighted by Gasteiger charge is -2.29. The molecule has 4 nitrogen and oxygen atoms in total. The van der Waals surface area contributed by atoms with Crippen LogP contribution in [0.3, 0.4) is 0 Å². The van der Waals surface area contributed by atoms with E-state index in [1.807, 2.05) is 0 Å². The third-order valence-electron chi connectivity index (χ3n) is 3.89. The number of nitrogens with zero attached hydrogens (tertiary/aromatic N) is 2. The number of H-pyrrole nitrogens is 1. The number of hydrogen-bond donors (Lipinski definition) is 1. The molecule has 0 amide bonds. The van der Waals surface area contributed by atoms with E-state index in [0.717, 1.165) is 17.7 Å². The maximum Gasteiger partial charge on any atom is 0.273 e. The number of aromatic nitrogens is 3. The summed E-state index contributed by atoms with van der Waals surface area (Å²) >= 11 is 0. The first-order valence-corrected chi connectivity index (χ1v) is 6.91. The predicted octanol–water partition coefficient (Wildman–Crippen LogP) is 3.03. The first kappa shape index (κ1) is 12.9. The minimum atomic E-state index is -0.0813. The zero-order chi connectivity index (χ0) is 14.3. The molecule has 2 aromatic heterocycles. The molecule has 2 aromatic rings. The van der Waals surface area contributed by atoms with Gasteiger partial charge in [0.15, 0.2) is 5.65 Å². The van der Waals surface area contributed by atoms with Crippen LogP contribution in [0.4, 0.5) is 0 Å². The molecule has 2 heterocycles. The maximum absolute atomic E-state index is 12.0. The van der Waals surface area contributed by atoms with Gasteiger partial charge < -0.3 is 0 Å². The summed E-state index contributed by atoms with van der Waals surface area (Å²) < 4.78 is 1.44. The maximum atomic E-state index is 12.0. The molecule has 0 aromatic carbocycles. The molecule has 0 fully saturated rings. The van der Waals surface area contributed by atoms with Crippen LogP contribution in [0.5, 0.6) is 0 Å². The van der Waals surface area contributed by atoms with Crippen molar-refractivity contribution in [2.45, 2.75) is 27.2 Å². The molecule has 104 valence electrons. The molecule has 1 N–H and O–H groups in total. The zero-order valence-electron chi connectivity index (χ0n) is 12.1. The monoisotopic (exact) mass is 269 g/mol. The molecule has 1 unspecified atom stereocenters. The van der Waals surface area contributed by atoms with Crippen LogP contribution in [0, 0.1) is 11.3 Å². The molecule has 0 bridgehead atoms. The number of nitrogens with one attached hydrogen (secondary N) is 1. The Morgan fingerprint density at radius 3 is 2.85 bits per heavy atom. The van der Waals surface area contributed by atoms with Crippen molar-refractivity contribution in [3.63, 3.8) is 0 Å². The van der Waals surface area contributed by atoms with E-state index in [1.165, 1.54) is 4.52 Å². The summed E-state index contributed by atoms with van der Waals surface area (Å²) in [5.41, 5.74) is 2.61. The topological polar surface area (TPSA) is 50.2 Å². The minimum Gasteiger partial charge on any atom is -0.297 e. The average molecular weight is 269 g/mol. The summed E-state index contributed by atoms with van der Waals surface area (Å²) in [7, 11) is 0. The second-order valence-corrected chi connectivity index (χ2v) is 6.36. The zero-order valence-corrected chi connectivity index (χ0v) is 12.1. The molecular weight excluding hydrogens is 250 g/mol. The molecule has 0 saturated carbocycles. The van der Waals surface area contributed by atoms with Gasteiger partial charge in [0.05, 0.1) is 5.69 Å². The number of rotatable bonds is 1.